The average molecular weight is 444 g/mol. The van der Waals surface area contributed by atoms with Gasteiger partial charge in [0, 0.05) is 5.69 Å². The molecule has 1 heterocycles. The maximum Gasteiger partial charge on any atom is 0.244 e. The fourth-order valence-electron chi connectivity index (χ4n) is 3.16. The predicted molar refractivity (Wildman–Crippen MR) is 128 cm³/mol. The first-order chi connectivity index (χ1) is 15.7. The van der Waals surface area contributed by atoms with Crippen LogP contribution in [0.4, 0.5) is 5.69 Å². The van der Waals surface area contributed by atoms with Gasteiger partial charge in [0.2, 0.25) is 11.8 Å². The molecule has 0 aliphatic rings. The van der Waals surface area contributed by atoms with E-state index >= 15 is 0 Å². The third kappa shape index (κ3) is 5.86. The zero-order valence-corrected chi connectivity index (χ0v) is 18.0. The van der Waals surface area contributed by atoms with E-state index in [2.05, 4.69) is 15.8 Å². The highest BCUT2D eigenvalue weighted by Crippen LogP contribution is 2.21. The molecule has 0 fully saturated rings. The Labute approximate surface area is 189 Å². The SMILES string of the molecule is O=C(Cc1cccc2ccccc12)NN=Cc1ccc(SCC(=O)Nc2ccccc2)o1. The summed E-state index contributed by atoms with van der Waals surface area (Å²) in [5.74, 6) is 0.382. The number of nitrogens with zero attached hydrogens (tertiary/aromatic N) is 1. The molecule has 0 aliphatic heterocycles. The monoisotopic (exact) mass is 443 g/mol. The number of nitrogens with one attached hydrogen (secondary N) is 2. The van der Waals surface area contributed by atoms with Gasteiger partial charge in [0.15, 0.2) is 5.09 Å². The summed E-state index contributed by atoms with van der Waals surface area (Å²) in [4.78, 5) is 24.3. The fraction of sp³-hybridized carbons (Fsp3) is 0.0800. The van der Waals surface area contributed by atoms with Crippen LogP contribution in [0, 0.1) is 0 Å². The molecule has 0 atom stereocenters. The average Bonchev–Trinajstić information content (AvgIpc) is 3.26. The molecule has 32 heavy (non-hydrogen) atoms. The summed E-state index contributed by atoms with van der Waals surface area (Å²) in [6, 6.07) is 26.6. The lowest BCUT2D eigenvalue weighted by Crippen LogP contribution is -2.19. The van der Waals surface area contributed by atoms with Gasteiger partial charge < -0.3 is 9.73 Å². The number of carbonyl (C=O) groups is 2. The van der Waals surface area contributed by atoms with Crippen LogP contribution in [0.3, 0.4) is 0 Å². The zero-order valence-electron chi connectivity index (χ0n) is 17.2. The number of rotatable bonds is 8. The van der Waals surface area contributed by atoms with Crippen molar-refractivity contribution in [2.45, 2.75) is 11.5 Å². The highest BCUT2D eigenvalue weighted by Gasteiger charge is 2.08. The van der Waals surface area contributed by atoms with Gasteiger partial charge in [-0.05, 0) is 40.6 Å². The number of hydrogen-bond donors (Lipinski definition) is 2. The molecule has 4 aromatic rings. The summed E-state index contributed by atoms with van der Waals surface area (Å²) in [6.07, 6.45) is 1.67. The molecule has 0 aliphatic carbocycles. The maximum atomic E-state index is 12.3. The largest absolute Gasteiger partial charge is 0.449 e. The Hall–Kier alpha value is -3.84. The molecular formula is C25H21N3O3S. The molecule has 0 saturated heterocycles. The number of hydrazone groups is 1. The molecule has 2 N–H and O–H groups in total. The van der Waals surface area contributed by atoms with Gasteiger partial charge in [0.25, 0.3) is 0 Å². The van der Waals surface area contributed by atoms with Gasteiger partial charge in [-0.3, -0.25) is 9.59 Å². The van der Waals surface area contributed by atoms with E-state index in [-0.39, 0.29) is 24.0 Å². The fourth-order valence-corrected chi connectivity index (χ4v) is 3.83. The van der Waals surface area contributed by atoms with Crippen LogP contribution in [0.2, 0.25) is 0 Å². The van der Waals surface area contributed by atoms with Crippen LogP contribution in [0.1, 0.15) is 11.3 Å². The minimum absolute atomic E-state index is 0.117. The second-order valence-corrected chi connectivity index (χ2v) is 7.95. The van der Waals surface area contributed by atoms with E-state index in [9.17, 15) is 9.59 Å². The van der Waals surface area contributed by atoms with Crippen LogP contribution in [0.25, 0.3) is 10.8 Å². The number of thioether (sulfide) groups is 1. The molecule has 0 bridgehead atoms. The van der Waals surface area contributed by atoms with Crippen molar-refractivity contribution in [2.24, 2.45) is 5.10 Å². The number of fused-ring (bicyclic) bond motifs is 1. The molecule has 0 saturated carbocycles. The molecule has 160 valence electrons. The van der Waals surface area contributed by atoms with Crippen LogP contribution in [-0.4, -0.2) is 23.8 Å². The van der Waals surface area contributed by atoms with Gasteiger partial charge in [-0.1, -0.05) is 72.4 Å². The van der Waals surface area contributed by atoms with E-state index in [1.807, 2.05) is 72.8 Å². The lowest BCUT2D eigenvalue weighted by Gasteiger charge is -2.05. The van der Waals surface area contributed by atoms with Gasteiger partial charge >= 0.3 is 0 Å². The standard InChI is InChI=1S/C25H21N3O3S/c29-23(15-19-9-6-8-18-7-4-5-12-22(18)19)28-26-16-21-13-14-25(31-21)32-17-24(30)27-20-10-2-1-3-11-20/h1-14,16H,15,17H2,(H,27,30)(H,28,29). The third-order valence-electron chi connectivity index (χ3n) is 4.62. The molecule has 0 radical (unpaired) electrons. The Balaban J connectivity index is 1.25. The van der Waals surface area contributed by atoms with Gasteiger partial charge in [-0.2, -0.15) is 5.10 Å². The molecule has 6 nitrogen and oxygen atoms in total. The van der Waals surface area contributed by atoms with Crippen molar-refractivity contribution < 1.29 is 14.0 Å². The molecule has 3 aromatic carbocycles. The maximum absolute atomic E-state index is 12.3. The van der Waals surface area contributed by atoms with Crippen molar-refractivity contribution in [3.8, 4) is 0 Å². The number of furan rings is 1. The van der Waals surface area contributed by atoms with Crippen LogP contribution in [0.15, 0.2) is 99.5 Å². The van der Waals surface area contributed by atoms with E-state index in [1.54, 1.807) is 12.1 Å². The number of para-hydroxylation sites is 1. The molecular weight excluding hydrogens is 422 g/mol. The van der Waals surface area contributed by atoms with Gasteiger partial charge in [0.1, 0.15) is 5.76 Å². The first-order valence-electron chi connectivity index (χ1n) is 10.0. The van der Waals surface area contributed by atoms with Crippen LogP contribution in [-0.2, 0) is 16.0 Å². The van der Waals surface area contributed by atoms with Crippen molar-refractivity contribution in [2.75, 3.05) is 11.1 Å². The molecule has 0 spiro atoms. The second-order valence-electron chi connectivity index (χ2n) is 6.97. The lowest BCUT2D eigenvalue weighted by molar-refractivity contribution is -0.120. The molecule has 1 aromatic heterocycles. The highest BCUT2D eigenvalue weighted by molar-refractivity contribution is 7.99. The minimum atomic E-state index is -0.212. The Morgan fingerprint density at radius 3 is 2.53 bits per heavy atom. The van der Waals surface area contributed by atoms with Crippen LogP contribution >= 0.6 is 11.8 Å². The number of anilines is 1. The summed E-state index contributed by atoms with van der Waals surface area (Å²) in [5, 5.41) is 9.54. The summed E-state index contributed by atoms with van der Waals surface area (Å²) < 4.78 is 5.62. The number of hydrogen-bond acceptors (Lipinski definition) is 5. The van der Waals surface area contributed by atoms with E-state index in [4.69, 9.17) is 4.42 Å². The van der Waals surface area contributed by atoms with Crippen LogP contribution < -0.4 is 10.7 Å². The second kappa shape index (κ2) is 10.5. The van der Waals surface area contributed by atoms with Gasteiger partial charge in [0.05, 0.1) is 18.4 Å². The molecule has 0 unspecified atom stereocenters. The smallest absolute Gasteiger partial charge is 0.244 e. The summed E-state index contributed by atoms with van der Waals surface area (Å²) in [7, 11) is 0. The highest BCUT2D eigenvalue weighted by atomic mass is 32.2. The minimum Gasteiger partial charge on any atom is -0.449 e. The molecule has 2 amide bonds. The summed E-state index contributed by atoms with van der Waals surface area (Å²) >= 11 is 1.28. The van der Waals surface area contributed by atoms with Gasteiger partial charge in [-0.25, -0.2) is 5.43 Å². The topological polar surface area (TPSA) is 83.7 Å². The normalized spacial score (nSPS) is 11.0. The number of amides is 2. The Morgan fingerprint density at radius 2 is 1.66 bits per heavy atom. The van der Waals surface area contributed by atoms with Crippen molar-refractivity contribution in [3.05, 3.63) is 96.3 Å². The van der Waals surface area contributed by atoms with Crippen molar-refractivity contribution in [3.63, 3.8) is 0 Å². The first kappa shape index (κ1) is 21.4. The summed E-state index contributed by atoms with van der Waals surface area (Å²) in [6.45, 7) is 0. The third-order valence-corrected chi connectivity index (χ3v) is 5.53. The quantitative estimate of drug-likeness (QED) is 0.232. The van der Waals surface area contributed by atoms with E-state index < -0.39 is 0 Å². The van der Waals surface area contributed by atoms with Crippen molar-refractivity contribution in [1.82, 2.24) is 5.43 Å². The number of benzene rings is 3. The Morgan fingerprint density at radius 1 is 0.875 bits per heavy atom. The molecule has 4 rings (SSSR count). The van der Waals surface area contributed by atoms with E-state index in [0.717, 1.165) is 22.0 Å². The van der Waals surface area contributed by atoms with Crippen molar-refractivity contribution in [1.29, 1.82) is 0 Å². The van der Waals surface area contributed by atoms with Crippen molar-refractivity contribution >= 4 is 46.3 Å². The Bertz CT molecular complexity index is 1250. The lowest BCUT2D eigenvalue weighted by atomic mass is 10.0. The van der Waals surface area contributed by atoms with Gasteiger partial charge in [-0.15, -0.1) is 0 Å². The zero-order chi connectivity index (χ0) is 22.2. The van der Waals surface area contributed by atoms with E-state index in [0.29, 0.717) is 10.9 Å². The summed E-state index contributed by atoms with van der Waals surface area (Å²) in [5.41, 5.74) is 4.23. The Kier molecular flexibility index (Phi) is 6.99. The number of carbonyl (C=O) groups excluding carboxylic acids is 2. The van der Waals surface area contributed by atoms with Crippen LogP contribution in [0.5, 0.6) is 0 Å². The van der Waals surface area contributed by atoms with E-state index in [1.165, 1.54) is 18.0 Å². The first-order valence-corrected chi connectivity index (χ1v) is 11.0. The predicted octanol–water partition coefficient (Wildman–Crippen LogP) is 4.86. The molecule has 7 heteroatoms.